The van der Waals surface area contributed by atoms with Crippen molar-refractivity contribution in [1.29, 1.82) is 0 Å². The molecule has 0 fully saturated rings. The van der Waals surface area contributed by atoms with Crippen LogP contribution in [0.5, 0.6) is 0 Å². The number of rotatable bonds is 4. The number of hydrogen-bond donors (Lipinski definition) is 1. The fourth-order valence-corrected chi connectivity index (χ4v) is 2.49. The van der Waals surface area contributed by atoms with Gasteiger partial charge in [0, 0.05) is 23.7 Å². The van der Waals surface area contributed by atoms with Gasteiger partial charge < -0.3 is 5.11 Å². The molecule has 9 heteroatoms. The molecule has 0 saturated heterocycles. The standard InChI is InChI=1S/C12H10N4O4S/c1-6-3-7(2)15-12(14-6)21-10-9(16(19)20)4-8(5-13-10)11(17)18/h3-5H,1-2H3,(H,17,18). The second-order valence-electron chi connectivity index (χ2n) is 4.15. The van der Waals surface area contributed by atoms with E-state index in [4.69, 9.17) is 5.11 Å². The predicted octanol–water partition coefficient (Wildman–Crippen LogP) is 2.25. The van der Waals surface area contributed by atoms with Gasteiger partial charge in [-0.3, -0.25) is 10.1 Å². The smallest absolute Gasteiger partial charge is 0.337 e. The molecule has 0 saturated carbocycles. The zero-order valence-corrected chi connectivity index (χ0v) is 11.9. The summed E-state index contributed by atoms with van der Waals surface area (Å²) in [7, 11) is 0. The first-order valence-electron chi connectivity index (χ1n) is 5.74. The van der Waals surface area contributed by atoms with Crippen molar-refractivity contribution in [3.8, 4) is 0 Å². The van der Waals surface area contributed by atoms with Gasteiger partial charge in [0.05, 0.1) is 10.5 Å². The van der Waals surface area contributed by atoms with Crippen molar-refractivity contribution in [3.63, 3.8) is 0 Å². The molecule has 1 N–H and O–H groups in total. The Morgan fingerprint density at radius 1 is 1.29 bits per heavy atom. The third-order valence-electron chi connectivity index (χ3n) is 2.43. The Morgan fingerprint density at radius 3 is 2.43 bits per heavy atom. The Hall–Kier alpha value is -2.55. The van der Waals surface area contributed by atoms with E-state index >= 15 is 0 Å². The van der Waals surface area contributed by atoms with Gasteiger partial charge in [-0.15, -0.1) is 0 Å². The van der Waals surface area contributed by atoms with Crippen LogP contribution < -0.4 is 0 Å². The molecule has 0 radical (unpaired) electrons. The normalized spacial score (nSPS) is 10.4. The summed E-state index contributed by atoms with van der Waals surface area (Å²) in [5.41, 5.74) is 0.833. The van der Waals surface area contributed by atoms with E-state index in [0.717, 1.165) is 35.4 Å². The molecular formula is C12H10N4O4S. The SMILES string of the molecule is Cc1cc(C)nc(Sc2ncc(C(=O)O)cc2[N+](=O)[O-])n1. The first-order chi connectivity index (χ1) is 9.86. The fourth-order valence-electron chi connectivity index (χ4n) is 1.59. The highest BCUT2D eigenvalue weighted by atomic mass is 32.2. The van der Waals surface area contributed by atoms with Crippen LogP contribution in [0.15, 0.2) is 28.5 Å². The van der Waals surface area contributed by atoms with E-state index < -0.39 is 10.9 Å². The van der Waals surface area contributed by atoms with Gasteiger partial charge in [0.25, 0.3) is 0 Å². The van der Waals surface area contributed by atoms with Crippen LogP contribution in [-0.2, 0) is 0 Å². The number of aromatic nitrogens is 3. The van der Waals surface area contributed by atoms with E-state index in [1.54, 1.807) is 19.9 Å². The van der Waals surface area contributed by atoms with Gasteiger partial charge in [0.15, 0.2) is 10.2 Å². The number of aryl methyl sites for hydroxylation is 2. The molecule has 2 heterocycles. The number of nitro groups is 1. The lowest BCUT2D eigenvalue weighted by Crippen LogP contribution is -2.02. The molecule has 0 aliphatic heterocycles. The summed E-state index contributed by atoms with van der Waals surface area (Å²) >= 11 is 0.923. The Kier molecular flexibility index (Phi) is 4.13. The first kappa shape index (κ1) is 14.9. The monoisotopic (exact) mass is 306 g/mol. The highest BCUT2D eigenvalue weighted by Gasteiger charge is 2.20. The Morgan fingerprint density at radius 2 is 1.90 bits per heavy atom. The molecule has 0 aliphatic carbocycles. The van der Waals surface area contributed by atoms with Crippen molar-refractivity contribution in [2.24, 2.45) is 0 Å². The quantitative estimate of drug-likeness (QED) is 0.519. The molecule has 2 aromatic heterocycles. The van der Waals surface area contributed by atoms with Crippen molar-refractivity contribution in [2.75, 3.05) is 0 Å². The zero-order chi connectivity index (χ0) is 15.6. The maximum absolute atomic E-state index is 11.0. The fraction of sp³-hybridized carbons (Fsp3) is 0.167. The number of carboxylic acid groups (broad SMARTS) is 1. The van der Waals surface area contributed by atoms with Crippen LogP contribution in [0.4, 0.5) is 5.69 Å². The van der Waals surface area contributed by atoms with Crippen molar-refractivity contribution in [2.45, 2.75) is 24.0 Å². The van der Waals surface area contributed by atoms with Gasteiger partial charge in [0.1, 0.15) is 0 Å². The molecule has 0 atom stereocenters. The van der Waals surface area contributed by atoms with E-state index in [1.165, 1.54) is 0 Å². The van der Waals surface area contributed by atoms with Gasteiger partial charge in [-0.2, -0.15) is 0 Å². The first-order valence-corrected chi connectivity index (χ1v) is 6.56. The van der Waals surface area contributed by atoms with E-state index in [1.807, 2.05) is 0 Å². The molecule has 2 aromatic rings. The van der Waals surface area contributed by atoms with Crippen molar-refractivity contribution in [1.82, 2.24) is 15.0 Å². The Labute approximate surface area is 123 Å². The van der Waals surface area contributed by atoms with Crippen LogP contribution in [0, 0.1) is 24.0 Å². The highest BCUT2D eigenvalue weighted by molar-refractivity contribution is 7.99. The molecule has 0 aromatic carbocycles. The molecule has 0 aliphatic rings. The minimum atomic E-state index is -1.27. The maximum atomic E-state index is 11.0. The summed E-state index contributed by atoms with van der Waals surface area (Å²) in [6, 6.07) is 2.75. The average Bonchev–Trinajstić information content (AvgIpc) is 2.37. The van der Waals surface area contributed by atoms with Gasteiger partial charge >= 0.3 is 11.7 Å². The molecule has 0 amide bonds. The number of aromatic carboxylic acids is 1. The molecule has 108 valence electrons. The summed E-state index contributed by atoms with van der Waals surface area (Å²) in [5.74, 6) is -1.27. The average molecular weight is 306 g/mol. The molecule has 21 heavy (non-hydrogen) atoms. The van der Waals surface area contributed by atoms with E-state index in [0.29, 0.717) is 5.16 Å². The van der Waals surface area contributed by atoms with E-state index in [9.17, 15) is 14.9 Å². The van der Waals surface area contributed by atoms with Crippen LogP contribution in [0.3, 0.4) is 0 Å². The summed E-state index contributed by atoms with van der Waals surface area (Å²) in [6.07, 6.45) is 1.07. The van der Waals surface area contributed by atoms with Crippen molar-refractivity contribution >= 4 is 23.4 Å². The number of nitrogens with zero attached hydrogens (tertiary/aromatic N) is 4. The minimum Gasteiger partial charge on any atom is -0.478 e. The summed E-state index contributed by atoms with van der Waals surface area (Å²) in [4.78, 5) is 33.4. The third-order valence-corrected chi connectivity index (χ3v) is 3.30. The predicted molar refractivity (Wildman–Crippen MR) is 73.5 cm³/mol. The minimum absolute atomic E-state index is 0.0509. The van der Waals surface area contributed by atoms with Crippen LogP contribution >= 0.6 is 11.8 Å². The number of carbonyl (C=O) groups is 1. The number of carboxylic acids is 1. The third kappa shape index (κ3) is 3.51. The summed E-state index contributed by atoms with van der Waals surface area (Å²) in [6.45, 7) is 3.57. The topological polar surface area (TPSA) is 119 Å². The van der Waals surface area contributed by atoms with Crippen molar-refractivity contribution < 1.29 is 14.8 Å². The van der Waals surface area contributed by atoms with Gasteiger partial charge in [-0.1, -0.05) is 0 Å². The molecular weight excluding hydrogens is 296 g/mol. The summed E-state index contributed by atoms with van der Waals surface area (Å²) in [5, 5.41) is 20.3. The maximum Gasteiger partial charge on any atom is 0.337 e. The number of hydrogen-bond acceptors (Lipinski definition) is 7. The lowest BCUT2D eigenvalue weighted by Gasteiger charge is -2.04. The highest BCUT2D eigenvalue weighted by Crippen LogP contribution is 2.31. The zero-order valence-electron chi connectivity index (χ0n) is 11.1. The molecule has 2 rings (SSSR count). The molecule has 0 bridgehead atoms. The lowest BCUT2D eigenvalue weighted by atomic mass is 10.3. The number of pyridine rings is 1. The molecule has 8 nitrogen and oxygen atoms in total. The van der Waals surface area contributed by atoms with Crippen molar-refractivity contribution in [3.05, 3.63) is 45.4 Å². The van der Waals surface area contributed by atoms with E-state index in [-0.39, 0.29) is 16.3 Å². The Bertz CT molecular complexity index is 715. The molecule has 0 spiro atoms. The van der Waals surface area contributed by atoms with E-state index in [2.05, 4.69) is 15.0 Å². The second-order valence-corrected chi connectivity index (χ2v) is 5.10. The largest absolute Gasteiger partial charge is 0.478 e. The molecule has 0 unspecified atom stereocenters. The Balaban J connectivity index is 2.43. The van der Waals surface area contributed by atoms with Gasteiger partial charge in [-0.05, 0) is 31.7 Å². The van der Waals surface area contributed by atoms with Gasteiger partial charge in [-0.25, -0.2) is 19.7 Å². The lowest BCUT2D eigenvalue weighted by molar-refractivity contribution is -0.388. The summed E-state index contributed by atoms with van der Waals surface area (Å²) < 4.78 is 0. The van der Waals surface area contributed by atoms with Crippen LogP contribution in [0.25, 0.3) is 0 Å². The van der Waals surface area contributed by atoms with Crippen LogP contribution in [0.2, 0.25) is 0 Å². The van der Waals surface area contributed by atoms with Crippen LogP contribution in [-0.4, -0.2) is 31.0 Å². The second kappa shape index (κ2) is 5.83. The van der Waals surface area contributed by atoms with Crippen LogP contribution in [0.1, 0.15) is 21.7 Å². The van der Waals surface area contributed by atoms with Gasteiger partial charge in [0.2, 0.25) is 0 Å².